The van der Waals surface area contributed by atoms with Crippen LogP contribution in [0.2, 0.25) is 0 Å². The fourth-order valence-electron chi connectivity index (χ4n) is 2.92. The lowest BCUT2D eigenvalue weighted by Crippen LogP contribution is -2.15. The van der Waals surface area contributed by atoms with E-state index in [-0.39, 0.29) is 0 Å². The minimum absolute atomic E-state index is 0.588. The fraction of sp³-hybridized carbons (Fsp3) is 0.818. The van der Waals surface area contributed by atoms with Crippen molar-refractivity contribution in [3.8, 4) is 0 Å². The van der Waals surface area contributed by atoms with E-state index in [1.54, 1.807) is 5.57 Å². The average Bonchev–Trinajstić information content (AvgIpc) is 2.45. The van der Waals surface area contributed by atoms with E-state index >= 15 is 0 Å². The molecule has 0 saturated heterocycles. The number of hydrogen-bond donors (Lipinski definition) is 0. The van der Waals surface area contributed by atoms with Crippen LogP contribution >= 0.6 is 0 Å². The van der Waals surface area contributed by atoms with Crippen LogP contribution in [0.25, 0.3) is 0 Å². The van der Waals surface area contributed by atoms with Crippen molar-refractivity contribution in [3.05, 3.63) is 12.2 Å². The van der Waals surface area contributed by atoms with Gasteiger partial charge in [-0.25, -0.2) is 0 Å². The van der Waals surface area contributed by atoms with E-state index in [1.165, 1.54) is 32.1 Å². The Labute approximate surface area is 69.7 Å². The maximum Gasteiger partial charge on any atom is -0.00340 e. The van der Waals surface area contributed by atoms with Crippen LogP contribution in [0.1, 0.15) is 46.0 Å². The Morgan fingerprint density at radius 2 is 1.91 bits per heavy atom. The molecule has 0 aromatic carbocycles. The normalized spacial score (nSPS) is 41.1. The van der Waals surface area contributed by atoms with Crippen LogP contribution in [0.4, 0.5) is 0 Å². The summed E-state index contributed by atoms with van der Waals surface area (Å²) in [5.41, 5.74) is 2.73. The van der Waals surface area contributed by atoms with Crippen molar-refractivity contribution in [2.75, 3.05) is 0 Å². The van der Waals surface area contributed by atoms with Crippen LogP contribution in [-0.4, -0.2) is 0 Å². The molecule has 1 atom stereocenters. The predicted molar refractivity (Wildman–Crippen MR) is 48.4 cm³/mol. The smallest absolute Gasteiger partial charge is 0.00340 e. The van der Waals surface area contributed by atoms with Crippen LogP contribution in [0.5, 0.6) is 0 Å². The van der Waals surface area contributed by atoms with E-state index in [4.69, 9.17) is 0 Å². The van der Waals surface area contributed by atoms with Crippen LogP contribution in [0, 0.1) is 10.8 Å². The monoisotopic (exact) mass is 150 g/mol. The zero-order valence-corrected chi connectivity index (χ0v) is 7.74. The summed E-state index contributed by atoms with van der Waals surface area (Å²) in [6.07, 6.45) is 6.93. The molecule has 0 heterocycles. The largest absolute Gasteiger partial charge is 0.0993 e. The molecular formula is C11H18. The van der Waals surface area contributed by atoms with Crippen molar-refractivity contribution in [2.24, 2.45) is 10.8 Å². The highest BCUT2D eigenvalue weighted by molar-refractivity contribution is 5.28. The minimum atomic E-state index is 0.588. The van der Waals surface area contributed by atoms with Gasteiger partial charge >= 0.3 is 0 Å². The summed E-state index contributed by atoms with van der Waals surface area (Å²) in [5.74, 6) is 0. The second kappa shape index (κ2) is 1.91. The Balaban J connectivity index is 2.20. The fourth-order valence-corrected chi connectivity index (χ4v) is 2.92. The number of allylic oxidation sites excluding steroid dienone is 1. The highest BCUT2D eigenvalue weighted by atomic mass is 14.7. The molecule has 0 unspecified atom stereocenters. The van der Waals surface area contributed by atoms with Gasteiger partial charge in [0, 0.05) is 0 Å². The molecule has 2 aliphatic carbocycles. The SMILES string of the molecule is C=C1CCCC[C@]12CC2(C)C. The van der Waals surface area contributed by atoms with Crippen LogP contribution in [-0.2, 0) is 0 Å². The molecule has 0 heteroatoms. The zero-order chi connectivity index (χ0) is 8.11. The van der Waals surface area contributed by atoms with E-state index < -0.39 is 0 Å². The lowest BCUT2D eigenvalue weighted by molar-refractivity contribution is 0.354. The van der Waals surface area contributed by atoms with E-state index in [2.05, 4.69) is 20.4 Å². The second-order valence-electron chi connectivity index (χ2n) is 4.95. The van der Waals surface area contributed by atoms with Crippen molar-refractivity contribution < 1.29 is 0 Å². The third kappa shape index (κ3) is 0.816. The first-order valence-corrected chi connectivity index (χ1v) is 4.77. The van der Waals surface area contributed by atoms with Crippen LogP contribution in [0.3, 0.4) is 0 Å². The molecule has 0 aliphatic heterocycles. The molecule has 2 saturated carbocycles. The zero-order valence-electron chi connectivity index (χ0n) is 7.74. The minimum Gasteiger partial charge on any atom is -0.0993 e. The van der Waals surface area contributed by atoms with Gasteiger partial charge in [-0.2, -0.15) is 0 Å². The molecule has 0 nitrogen and oxygen atoms in total. The molecule has 0 amide bonds. The summed E-state index contributed by atoms with van der Waals surface area (Å²) in [7, 11) is 0. The first-order chi connectivity index (χ1) is 5.08. The molecule has 2 rings (SSSR count). The summed E-state index contributed by atoms with van der Waals surface area (Å²) in [4.78, 5) is 0. The molecular weight excluding hydrogens is 132 g/mol. The van der Waals surface area contributed by atoms with Gasteiger partial charge in [0.05, 0.1) is 0 Å². The Kier molecular flexibility index (Phi) is 1.28. The number of rotatable bonds is 0. The summed E-state index contributed by atoms with van der Waals surface area (Å²) in [5, 5.41) is 0. The summed E-state index contributed by atoms with van der Waals surface area (Å²) in [6, 6.07) is 0. The highest BCUT2D eigenvalue weighted by Gasteiger charge is 2.61. The van der Waals surface area contributed by atoms with Gasteiger partial charge in [-0.3, -0.25) is 0 Å². The van der Waals surface area contributed by atoms with Crippen molar-refractivity contribution in [3.63, 3.8) is 0 Å². The van der Waals surface area contributed by atoms with Gasteiger partial charge in [0.15, 0.2) is 0 Å². The molecule has 0 radical (unpaired) electrons. The van der Waals surface area contributed by atoms with E-state index in [0.717, 1.165) is 0 Å². The van der Waals surface area contributed by atoms with E-state index in [9.17, 15) is 0 Å². The average molecular weight is 150 g/mol. The Morgan fingerprint density at radius 3 is 2.27 bits per heavy atom. The molecule has 2 fully saturated rings. The molecule has 62 valence electrons. The van der Waals surface area contributed by atoms with E-state index in [0.29, 0.717) is 10.8 Å². The van der Waals surface area contributed by atoms with Crippen molar-refractivity contribution in [1.82, 2.24) is 0 Å². The van der Waals surface area contributed by atoms with Crippen molar-refractivity contribution >= 4 is 0 Å². The van der Waals surface area contributed by atoms with Gasteiger partial charge < -0.3 is 0 Å². The summed E-state index contributed by atoms with van der Waals surface area (Å²) >= 11 is 0. The Bertz CT molecular complexity index is 200. The van der Waals surface area contributed by atoms with Crippen LogP contribution < -0.4 is 0 Å². The maximum atomic E-state index is 4.23. The van der Waals surface area contributed by atoms with Crippen LogP contribution in [0.15, 0.2) is 12.2 Å². The molecule has 0 N–H and O–H groups in total. The van der Waals surface area contributed by atoms with Gasteiger partial charge in [0.2, 0.25) is 0 Å². The quantitative estimate of drug-likeness (QED) is 0.463. The number of hydrogen-bond acceptors (Lipinski definition) is 0. The molecule has 0 aromatic heterocycles. The standard InChI is InChI=1S/C11H18/c1-9-6-4-5-7-11(9)8-10(11,2)3/h1,4-8H2,2-3H3/t11-/m0/s1. The van der Waals surface area contributed by atoms with Crippen molar-refractivity contribution in [1.29, 1.82) is 0 Å². The first kappa shape index (κ1) is 7.39. The lowest BCUT2D eigenvalue weighted by Gasteiger charge is -2.27. The maximum absolute atomic E-state index is 4.23. The van der Waals surface area contributed by atoms with Gasteiger partial charge in [-0.15, -0.1) is 0 Å². The molecule has 0 aromatic rings. The van der Waals surface area contributed by atoms with E-state index in [1.807, 2.05) is 0 Å². The van der Waals surface area contributed by atoms with Crippen molar-refractivity contribution in [2.45, 2.75) is 46.0 Å². The summed E-state index contributed by atoms with van der Waals surface area (Å²) < 4.78 is 0. The molecule has 2 aliphatic rings. The molecule has 11 heavy (non-hydrogen) atoms. The van der Waals surface area contributed by atoms with Gasteiger partial charge in [0.1, 0.15) is 0 Å². The topological polar surface area (TPSA) is 0 Å². The van der Waals surface area contributed by atoms with Gasteiger partial charge in [-0.05, 0) is 36.5 Å². The summed E-state index contributed by atoms with van der Waals surface area (Å²) in [6.45, 7) is 9.01. The predicted octanol–water partition coefficient (Wildman–Crippen LogP) is 3.53. The van der Waals surface area contributed by atoms with Gasteiger partial charge in [-0.1, -0.05) is 32.4 Å². The third-order valence-corrected chi connectivity index (χ3v) is 3.92. The molecule has 0 bridgehead atoms. The first-order valence-electron chi connectivity index (χ1n) is 4.77. The van der Waals surface area contributed by atoms with Gasteiger partial charge in [0.25, 0.3) is 0 Å². The molecule has 1 spiro atoms. The lowest BCUT2D eigenvalue weighted by atomic mass is 9.77. The Morgan fingerprint density at radius 1 is 1.27 bits per heavy atom. The third-order valence-electron chi connectivity index (χ3n) is 3.92. The Hall–Kier alpha value is -0.260. The second-order valence-corrected chi connectivity index (χ2v) is 4.95. The highest BCUT2D eigenvalue weighted by Crippen LogP contribution is 2.71.